The molecule has 5 rings (SSSR count). The third-order valence-corrected chi connectivity index (χ3v) is 5.87. The van der Waals surface area contributed by atoms with E-state index in [4.69, 9.17) is 10.2 Å². The highest BCUT2D eigenvalue weighted by Gasteiger charge is 2.17. The number of aromatic nitrogens is 2. The lowest BCUT2D eigenvalue weighted by Crippen LogP contribution is -2.31. The lowest BCUT2D eigenvalue weighted by Gasteiger charge is -2.17. The molecule has 6 heteroatoms. The fourth-order valence-electron chi connectivity index (χ4n) is 4.19. The van der Waals surface area contributed by atoms with Crippen molar-refractivity contribution >= 4 is 16.6 Å². The van der Waals surface area contributed by atoms with Crippen molar-refractivity contribution in [1.82, 2.24) is 10.2 Å². The zero-order valence-electron chi connectivity index (χ0n) is 18.3. The van der Waals surface area contributed by atoms with E-state index in [2.05, 4.69) is 27.6 Å². The highest BCUT2D eigenvalue weighted by molar-refractivity contribution is 5.92. The largest absolute Gasteiger partial charge is 0.472 e. The minimum Gasteiger partial charge on any atom is -0.472 e. The van der Waals surface area contributed by atoms with Crippen LogP contribution in [-0.4, -0.2) is 22.8 Å². The molecule has 0 aliphatic rings. The molecule has 0 radical (unpaired) electrons. The molecule has 2 heterocycles. The van der Waals surface area contributed by atoms with Gasteiger partial charge in [-0.05, 0) is 60.4 Å². The van der Waals surface area contributed by atoms with Crippen molar-refractivity contribution in [2.45, 2.75) is 19.4 Å². The number of rotatable bonds is 7. The van der Waals surface area contributed by atoms with Gasteiger partial charge in [-0.2, -0.15) is 5.10 Å². The van der Waals surface area contributed by atoms with Crippen molar-refractivity contribution in [2.24, 2.45) is 5.73 Å². The lowest BCUT2D eigenvalue weighted by molar-refractivity contribution is 0.567. The smallest absolute Gasteiger partial charge is 0.133 e. The molecular formula is C27H25FN4O. The zero-order valence-corrected chi connectivity index (χ0v) is 18.3. The van der Waals surface area contributed by atoms with Gasteiger partial charge in [-0.3, -0.25) is 5.10 Å². The first-order chi connectivity index (χ1) is 16.1. The number of halogens is 1. The van der Waals surface area contributed by atoms with E-state index in [0.717, 1.165) is 34.1 Å². The molecule has 1 atom stereocenters. The molecule has 0 saturated heterocycles. The van der Waals surface area contributed by atoms with E-state index < -0.39 is 0 Å². The SMILES string of the molecule is Cc1n[nH]c2ccc(-c3cc(NC[C@@H](N)Cc4ccccc4)cc(F)c3-c3ccoc3)cc12. The number of aromatic amines is 1. The Bertz CT molecular complexity index is 1380. The predicted octanol–water partition coefficient (Wildman–Crippen LogP) is 5.92. The van der Waals surface area contributed by atoms with Gasteiger partial charge in [0, 0.05) is 34.8 Å². The lowest BCUT2D eigenvalue weighted by atomic mass is 9.93. The highest BCUT2D eigenvalue weighted by atomic mass is 19.1. The Morgan fingerprint density at radius 2 is 1.91 bits per heavy atom. The fourth-order valence-corrected chi connectivity index (χ4v) is 4.19. The predicted molar refractivity (Wildman–Crippen MR) is 131 cm³/mol. The van der Waals surface area contributed by atoms with E-state index in [0.29, 0.717) is 23.4 Å². The Kier molecular flexibility index (Phi) is 5.67. The monoisotopic (exact) mass is 440 g/mol. The molecule has 0 spiro atoms. The van der Waals surface area contributed by atoms with Crippen LogP contribution in [-0.2, 0) is 6.42 Å². The van der Waals surface area contributed by atoms with Gasteiger partial charge in [-0.1, -0.05) is 36.4 Å². The van der Waals surface area contributed by atoms with Crippen LogP contribution in [0.5, 0.6) is 0 Å². The molecule has 5 aromatic rings. The Labute approximate surface area is 191 Å². The highest BCUT2D eigenvalue weighted by Crippen LogP contribution is 2.38. The number of anilines is 1. The number of nitrogens with zero attached hydrogens (tertiary/aromatic N) is 1. The maximum atomic E-state index is 15.4. The van der Waals surface area contributed by atoms with E-state index in [1.54, 1.807) is 18.6 Å². The molecule has 0 unspecified atom stereocenters. The van der Waals surface area contributed by atoms with Crippen LogP contribution in [0.1, 0.15) is 11.3 Å². The van der Waals surface area contributed by atoms with Crippen LogP contribution >= 0.6 is 0 Å². The number of nitrogens with one attached hydrogen (secondary N) is 2. The first kappa shape index (κ1) is 21.0. The molecule has 2 aromatic heterocycles. The Morgan fingerprint density at radius 1 is 1.06 bits per heavy atom. The summed E-state index contributed by atoms with van der Waals surface area (Å²) in [6, 6.07) is 21.3. The number of nitrogens with two attached hydrogens (primary N) is 1. The second-order valence-electron chi connectivity index (χ2n) is 8.29. The van der Waals surface area contributed by atoms with Crippen molar-refractivity contribution in [3.8, 4) is 22.3 Å². The zero-order chi connectivity index (χ0) is 22.8. The van der Waals surface area contributed by atoms with Crippen LogP contribution in [0.25, 0.3) is 33.2 Å². The van der Waals surface area contributed by atoms with Crippen LogP contribution in [0.4, 0.5) is 10.1 Å². The summed E-state index contributed by atoms with van der Waals surface area (Å²) >= 11 is 0. The van der Waals surface area contributed by atoms with Crippen LogP contribution < -0.4 is 11.1 Å². The average molecular weight is 441 g/mol. The number of hydrogen-bond donors (Lipinski definition) is 3. The molecule has 4 N–H and O–H groups in total. The second kappa shape index (κ2) is 8.92. The third kappa shape index (κ3) is 4.38. The minimum absolute atomic E-state index is 0.0996. The van der Waals surface area contributed by atoms with Crippen molar-refractivity contribution < 1.29 is 8.81 Å². The number of H-pyrrole nitrogens is 1. The molecular weight excluding hydrogens is 415 g/mol. The van der Waals surface area contributed by atoms with Crippen LogP contribution in [0.15, 0.2) is 83.7 Å². The van der Waals surface area contributed by atoms with Gasteiger partial charge in [0.2, 0.25) is 0 Å². The molecule has 0 aliphatic heterocycles. The summed E-state index contributed by atoms with van der Waals surface area (Å²) < 4.78 is 20.7. The number of aryl methyl sites for hydroxylation is 1. The molecule has 166 valence electrons. The van der Waals surface area contributed by atoms with Crippen molar-refractivity contribution in [2.75, 3.05) is 11.9 Å². The van der Waals surface area contributed by atoms with E-state index in [9.17, 15) is 0 Å². The Balaban J connectivity index is 1.48. The van der Waals surface area contributed by atoms with E-state index >= 15 is 4.39 Å². The quantitative estimate of drug-likeness (QED) is 0.293. The standard InChI is InChI=1S/C27H25FN4O/c1-17-23-12-19(7-8-26(23)32-31-17)24-13-22(14-25(28)27(24)20-9-10-33-16-20)30-15-21(29)11-18-5-3-2-4-6-18/h2-10,12-14,16,21,30H,11,15,29H2,1H3,(H,31,32)/t21-/m0/s1. The maximum Gasteiger partial charge on any atom is 0.133 e. The van der Waals surface area contributed by atoms with E-state index in [-0.39, 0.29) is 11.9 Å². The number of furan rings is 1. The van der Waals surface area contributed by atoms with Gasteiger partial charge in [0.25, 0.3) is 0 Å². The summed E-state index contributed by atoms with van der Waals surface area (Å²) in [5.74, 6) is -0.322. The number of fused-ring (bicyclic) bond motifs is 1. The topological polar surface area (TPSA) is 79.9 Å². The van der Waals surface area contributed by atoms with E-state index in [1.807, 2.05) is 49.4 Å². The number of hydrogen-bond acceptors (Lipinski definition) is 4. The van der Waals surface area contributed by atoms with Gasteiger partial charge < -0.3 is 15.5 Å². The van der Waals surface area contributed by atoms with Crippen molar-refractivity contribution in [1.29, 1.82) is 0 Å². The molecule has 0 saturated carbocycles. The molecule has 0 fully saturated rings. The summed E-state index contributed by atoms with van der Waals surface area (Å²) in [7, 11) is 0. The normalized spacial score (nSPS) is 12.2. The molecule has 0 aliphatic carbocycles. The van der Waals surface area contributed by atoms with Gasteiger partial charge in [-0.25, -0.2) is 4.39 Å². The summed E-state index contributed by atoms with van der Waals surface area (Å²) in [6.45, 7) is 2.48. The number of benzene rings is 3. The van der Waals surface area contributed by atoms with Gasteiger partial charge in [-0.15, -0.1) is 0 Å². The molecule has 5 nitrogen and oxygen atoms in total. The maximum absolute atomic E-state index is 15.4. The average Bonchev–Trinajstić information content (AvgIpc) is 3.48. The molecule has 3 aromatic carbocycles. The van der Waals surface area contributed by atoms with Gasteiger partial charge in [0.1, 0.15) is 5.82 Å². The van der Waals surface area contributed by atoms with Crippen molar-refractivity contribution in [3.05, 3.63) is 96.3 Å². The summed E-state index contributed by atoms with van der Waals surface area (Å²) in [6.07, 6.45) is 3.86. The van der Waals surface area contributed by atoms with Crippen LogP contribution in [0, 0.1) is 12.7 Å². The van der Waals surface area contributed by atoms with Gasteiger partial charge >= 0.3 is 0 Å². The van der Waals surface area contributed by atoms with Crippen molar-refractivity contribution in [3.63, 3.8) is 0 Å². The second-order valence-corrected chi connectivity index (χ2v) is 8.29. The first-order valence-electron chi connectivity index (χ1n) is 10.9. The third-order valence-electron chi connectivity index (χ3n) is 5.87. The van der Waals surface area contributed by atoms with Gasteiger partial charge in [0.05, 0.1) is 23.7 Å². The fraction of sp³-hybridized carbons (Fsp3) is 0.148. The van der Waals surface area contributed by atoms with Crippen LogP contribution in [0.2, 0.25) is 0 Å². The van der Waals surface area contributed by atoms with Gasteiger partial charge in [0.15, 0.2) is 0 Å². The van der Waals surface area contributed by atoms with Crippen LogP contribution in [0.3, 0.4) is 0 Å². The minimum atomic E-state index is -0.322. The molecule has 0 amide bonds. The summed E-state index contributed by atoms with van der Waals surface area (Å²) in [5, 5.41) is 11.6. The van der Waals surface area contributed by atoms with E-state index in [1.165, 1.54) is 11.6 Å². The first-order valence-corrected chi connectivity index (χ1v) is 10.9. The summed E-state index contributed by atoms with van der Waals surface area (Å²) in [5.41, 5.74) is 12.9. The molecule has 33 heavy (non-hydrogen) atoms. The molecule has 0 bridgehead atoms. The summed E-state index contributed by atoms with van der Waals surface area (Å²) in [4.78, 5) is 0. The Hall–Kier alpha value is -3.90. The Morgan fingerprint density at radius 3 is 2.70 bits per heavy atom.